The Morgan fingerprint density at radius 3 is 2.70 bits per heavy atom. The van der Waals surface area contributed by atoms with Gasteiger partial charge in [-0.15, -0.1) is 0 Å². The molecule has 0 spiro atoms. The molecule has 1 aliphatic rings. The lowest BCUT2D eigenvalue weighted by Gasteiger charge is -2.34. The van der Waals surface area contributed by atoms with E-state index in [1.165, 1.54) is 11.1 Å². The molecular weight excluding hydrogens is 414 g/mol. The summed E-state index contributed by atoms with van der Waals surface area (Å²) in [4.78, 5) is 41.7. The van der Waals surface area contributed by atoms with E-state index in [4.69, 9.17) is 4.98 Å². The van der Waals surface area contributed by atoms with Gasteiger partial charge in [0.1, 0.15) is 17.0 Å². The van der Waals surface area contributed by atoms with Crippen molar-refractivity contribution < 1.29 is 4.79 Å². The van der Waals surface area contributed by atoms with Gasteiger partial charge in [-0.05, 0) is 82.3 Å². The van der Waals surface area contributed by atoms with E-state index < -0.39 is 0 Å². The van der Waals surface area contributed by atoms with Crippen LogP contribution in [0.3, 0.4) is 0 Å². The minimum atomic E-state index is -0.257. The van der Waals surface area contributed by atoms with Crippen LogP contribution in [-0.4, -0.2) is 36.9 Å². The second-order valence-electron chi connectivity index (χ2n) is 9.07. The smallest absolute Gasteiger partial charge is 0.259 e. The number of nitrogens with zero attached hydrogens (tertiary/aromatic N) is 4. The van der Waals surface area contributed by atoms with E-state index in [1.807, 2.05) is 29.4 Å². The number of carbonyl (C=O) groups excluding carboxylic acids is 1. The molecule has 0 aliphatic carbocycles. The zero-order valence-electron chi connectivity index (χ0n) is 19.6. The van der Waals surface area contributed by atoms with Crippen molar-refractivity contribution in [2.75, 3.05) is 6.54 Å². The summed E-state index contributed by atoms with van der Waals surface area (Å²) >= 11 is 0. The van der Waals surface area contributed by atoms with Crippen LogP contribution in [0.5, 0.6) is 0 Å². The number of amides is 1. The van der Waals surface area contributed by atoms with Gasteiger partial charge in [0.2, 0.25) is 5.43 Å². The van der Waals surface area contributed by atoms with Gasteiger partial charge in [0.25, 0.3) is 5.91 Å². The quantitative estimate of drug-likeness (QED) is 0.502. The Kier molecular flexibility index (Phi) is 5.27. The van der Waals surface area contributed by atoms with Crippen LogP contribution in [0.15, 0.2) is 35.3 Å². The number of hydrogen-bond donors (Lipinski definition) is 1. The van der Waals surface area contributed by atoms with Crippen LogP contribution in [-0.2, 0) is 6.54 Å². The van der Waals surface area contributed by atoms with Crippen molar-refractivity contribution >= 4 is 28.0 Å². The molecule has 0 saturated carbocycles. The van der Waals surface area contributed by atoms with Crippen LogP contribution in [0.2, 0.25) is 0 Å². The van der Waals surface area contributed by atoms with Crippen molar-refractivity contribution in [2.24, 2.45) is 0 Å². The first-order valence-electron chi connectivity index (χ1n) is 11.7. The monoisotopic (exact) mass is 443 g/mol. The normalized spacial score (nSPS) is 16.6. The van der Waals surface area contributed by atoms with Crippen LogP contribution < -0.4 is 5.43 Å². The van der Waals surface area contributed by atoms with Crippen LogP contribution in [0.25, 0.3) is 22.1 Å². The first-order valence-corrected chi connectivity index (χ1v) is 11.7. The van der Waals surface area contributed by atoms with Crippen molar-refractivity contribution in [3.05, 3.63) is 68.9 Å². The number of hydrogen-bond acceptors (Lipinski definition) is 4. The van der Waals surface area contributed by atoms with Gasteiger partial charge in [-0.2, -0.15) is 0 Å². The maximum atomic E-state index is 13.8. The molecule has 4 aromatic rings. The van der Waals surface area contributed by atoms with Crippen molar-refractivity contribution in [1.82, 2.24) is 24.4 Å². The third-order valence-corrected chi connectivity index (χ3v) is 6.83. The number of piperidine rings is 1. The Balaban J connectivity index is 1.58. The largest absolute Gasteiger partial charge is 0.340 e. The molecule has 1 atom stereocenters. The molecule has 4 heterocycles. The lowest BCUT2D eigenvalue weighted by atomic mass is 10.00. The predicted molar refractivity (Wildman–Crippen MR) is 130 cm³/mol. The predicted octanol–water partition coefficient (Wildman–Crippen LogP) is 4.59. The summed E-state index contributed by atoms with van der Waals surface area (Å²) in [6, 6.07) is 7.60. The van der Waals surface area contributed by atoms with E-state index in [0.29, 0.717) is 24.1 Å². The molecule has 7 heteroatoms. The number of pyridine rings is 2. The van der Waals surface area contributed by atoms with Crippen molar-refractivity contribution in [3.63, 3.8) is 0 Å². The summed E-state index contributed by atoms with van der Waals surface area (Å²) in [5, 5.41) is 0.483. The fourth-order valence-electron chi connectivity index (χ4n) is 4.81. The summed E-state index contributed by atoms with van der Waals surface area (Å²) < 4.78 is 1.89. The molecule has 170 valence electrons. The topological polar surface area (TPSA) is 83.9 Å². The minimum absolute atomic E-state index is 0.180. The molecule has 0 radical (unpaired) electrons. The fraction of sp³-hybridized carbons (Fsp3) is 0.385. The molecule has 0 bridgehead atoms. The number of carbonyl (C=O) groups is 1. The number of aryl methyl sites for hydroxylation is 4. The molecule has 5 rings (SSSR count). The molecule has 3 aromatic heterocycles. The SMILES string of the molecule is CCn1cc(C(=O)N2CCCCC2c2nc3cc(C)c(C)cc3[nH]2)c(=O)c2ccc(C)nc21. The minimum Gasteiger partial charge on any atom is -0.340 e. The van der Waals surface area contributed by atoms with Crippen LogP contribution in [0, 0.1) is 20.8 Å². The van der Waals surface area contributed by atoms with E-state index in [9.17, 15) is 9.59 Å². The summed E-state index contributed by atoms with van der Waals surface area (Å²) in [7, 11) is 0. The number of nitrogens with one attached hydrogen (secondary N) is 1. The summed E-state index contributed by atoms with van der Waals surface area (Å²) in [5.41, 5.74) is 5.69. The highest BCUT2D eigenvalue weighted by Gasteiger charge is 2.32. The Labute approximate surface area is 192 Å². The second-order valence-corrected chi connectivity index (χ2v) is 9.07. The molecule has 7 nitrogen and oxygen atoms in total. The van der Waals surface area contributed by atoms with E-state index >= 15 is 0 Å². The maximum absolute atomic E-state index is 13.8. The van der Waals surface area contributed by atoms with Crippen molar-refractivity contribution in [1.29, 1.82) is 0 Å². The van der Waals surface area contributed by atoms with Crippen molar-refractivity contribution in [2.45, 2.75) is 59.5 Å². The fourth-order valence-corrected chi connectivity index (χ4v) is 4.81. The highest BCUT2D eigenvalue weighted by Crippen LogP contribution is 2.32. The molecular formula is C26H29N5O2. The van der Waals surface area contributed by atoms with Crippen LogP contribution in [0.4, 0.5) is 0 Å². The van der Waals surface area contributed by atoms with Gasteiger partial charge in [0.05, 0.1) is 22.5 Å². The standard InChI is InChI=1S/C26H29N5O2/c1-5-30-14-19(23(32)18-10-9-17(4)27-25(18)30)26(33)31-11-7-6-8-22(31)24-28-20-12-15(2)16(3)13-21(20)29-24/h9-10,12-14,22H,5-8,11H2,1-4H3,(H,28,29). The Morgan fingerprint density at radius 2 is 1.91 bits per heavy atom. The lowest BCUT2D eigenvalue weighted by Crippen LogP contribution is -2.41. The lowest BCUT2D eigenvalue weighted by molar-refractivity contribution is 0.0599. The highest BCUT2D eigenvalue weighted by atomic mass is 16.2. The maximum Gasteiger partial charge on any atom is 0.259 e. The number of fused-ring (bicyclic) bond motifs is 2. The van der Waals surface area contributed by atoms with Crippen molar-refractivity contribution in [3.8, 4) is 0 Å². The van der Waals surface area contributed by atoms with Gasteiger partial charge >= 0.3 is 0 Å². The Hall–Kier alpha value is -3.48. The Morgan fingerprint density at radius 1 is 1.12 bits per heavy atom. The van der Waals surface area contributed by atoms with E-state index in [-0.39, 0.29) is 22.9 Å². The third kappa shape index (κ3) is 3.61. The number of aromatic amines is 1. The number of benzene rings is 1. The molecule has 1 aromatic carbocycles. The average Bonchev–Trinajstić information content (AvgIpc) is 3.21. The molecule has 1 saturated heterocycles. The first-order chi connectivity index (χ1) is 15.9. The van der Waals surface area contributed by atoms with Gasteiger partial charge in [-0.25, -0.2) is 9.97 Å². The number of H-pyrrole nitrogens is 1. The zero-order chi connectivity index (χ0) is 23.3. The number of likely N-dealkylation sites (tertiary alicyclic amines) is 1. The summed E-state index contributed by atoms with van der Waals surface area (Å²) in [5.74, 6) is 0.555. The van der Waals surface area contributed by atoms with Gasteiger partial charge in [0.15, 0.2) is 0 Å². The molecule has 1 amide bonds. The third-order valence-electron chi connectivity index (χ3n) is 6.83. The molecule has 1 N–H and O–H groups in total. The number of rotatable bonds is 3. The zero-order valence-corrected chi connectivity index (χ0v) is 19.6. The summed E-state index contributed by atoms with van der Waals surface area (Å²) in [6.07, 6.45) is 4.43. The molecule has 1 aliphatic heterocycles. The van der Waals surface area contributed by atoms with E-state index in [2.05, 4.69) is 35.9 Å². The number of aromatic nitrogens is 4. The van der Waals surface area contributed by atoms with Gasteiger partial charge in [0, 0.05) is 25.0 Å². The number of imidazole rings is 1. The van der Waals surface area contributed by atoms with Crippen LogP contribution in [0.1, 0.15) is 65.2 Å². The van der Waals surface area contributed by atoms with E-state index in [1.54, 1.807) is 12.3 Å². The average molecular weight is 444 g/mol. The van der Waals surface area contributed by atoms with E-state index in [0.717, 1.165) is 41.8 Å². The van der Waals surface area contributed by atoms with Crippen LogP contribution >= 0.6 is 0 Å². The van der Waals surface area contributed by atoms with Gasteiger partial charge in [-0.3, -0.25) is 9.59 Å². The van der Waals surface area contributed by atoms with Gasteiger partial charge < -0.3 is 14.5 Å². The van der Waals surface area contributed by atoms with Gasteiger partial charge in [-0.1, -0.05) is 0 Å². The molecule has 1 fully saturated rings. The first kappa shape index (κ1) is 21.4. The molecule has 33 heavy (non-hydrogen) atoms. The summed E-state index contributed by atoms with van der Waals surface area (Å²) in [6.45, 7) is 9.28. The second kappa shape index (κ2) is 8.14. The molecule has 1 unspecified atom stereocenters. The Bertz CT molecular complexity index is 1410. The highest BCUT2D eigenvalue weighted by molar-refractivity contribution is 5.97.